The van der Waals surface area contributed by atoms with Gasteiger partial charge in [0.25, 0.3) is 0 Å². The zero-order valence-corrected chi connectivity index (χ0v) is 23.1. The average molecular weight is 579 g/mol. The van der Waals surface area contributed by atoms with Crippen LogP contribution in [0.4, 0.5) is 0 Å². The topological polar surface area (TPSA) is 121 Å². The molecule has 0 unspecified atom stereocenters. The molecule has 1 heterocycles. The van der Waals surface area contributed by atoms with Gasteiger partial charge < -0.3 is 9.73 Å². The molecule has 4 aromatic rings. The van der Waals surface area contributed by atoms with Crippen molar-refractivity contribution in [2.75, 3.05) is 0 Å². The second-order valence-electron chi connectivity index (χ2n) is 8.82. The van der Waals surface area contributed by atoms with E-state index in [1.807, 2.05) is 30.3 Å². The van der Waals surface area contributed by atoms with E-state index in [2.05, 4.69) is 15.8 Å². The molecule has 0 aliphatic rings. The van der Waals surface area contributed by atoms with E-state index in [1.165, 1.54) is 22.7 Å². The highest BCUT2D eigenvalue weighted by molar-refractivity contribution is 7.89. The average Bonchev–Trinajstić information content (AvgIpc) is 3.41. The Balaban J connectivity index is 1.41. The molecule has 0 aliphatic carbocycles. The number of benzene rings is 3. The van der Waals surface area contributed by atoms with Crippen LogP contribution in [-0.2, 0) is 32.7 Å². The van der Waals surface area contributed by atoms with Crippen molar-refractivity contribution < 1.29 is 22.4 Å². The van der Waals surface area contributed by atoms with Gasteiger partial charge in [-0.15, -0.1) is 0 Å². The highest BCUT2D eigenvalue weighted by Gasteiger charge is 2.26. The van der Waals surface area contributed by atoms with Crippen LogP contribution < -0.4 is 10.7 Å². The molecule has 0 radical (unpaired) electrons. The lowest BCUT2D eigenvalue weighted by Gasteiger charge is -2.21. The molecule has 40 heavy (non-hydrogen) atoms. The lowest BCUT2D eigenvalue weighted by molar-refractivity contribution is -0.139. The first-order chi connectivity index (χ1) is 19.2. The van der Waals surface area contributed by atoms with E-state index < -0.39 is 21.8 Å². The predicted molar refractivity (Wildman–Crippen MR) is 152 cm³/mol. The third kappa shape index (κ3) is 7.66. The molecule has 1 atom stereocenters. The van der Waals surface area contributed by atoms with Crippen molar-refractivity contribution >= 4 is 39.7 Å². The molecule has 11 heteroatoms. The minimum Gasteiger partial charge on any atom is -0.459 e. The normalized spacial score (nSPS) is 12.4. The van der Waals surface area contributed by atoms with Crippen LogP contribution >= 0.6 is 11.6 Å². The Morgan fingerprint density at radius 1 is 0.900 bits per heavy atom. The largest absolute Gasteiger partial charge is 0.459 e. The maximum Gasteiger partial charge on any atom is 0.329 e. The summed E-state index contributed by atoms with van der Waals surface area (Å²) in [6, 6.07) is 27.1. The Kier molecular flexibility index (Phi) is 9.49. The zero-order chi connectivity index (χ0) is 28.5. The lowest BCUT2D eigenvalue weighted by atomic mass is 10.1. The van der Waals surface area contributed by atoms with E-state index in [0.29, 0.717) is 10.8 Å². The summed E-state index contributed by atoms with van der Waals surface area (Å²) in [4.78, 5) is 24.5. The summed E-state index contributed by atoms with van der Waals surface area (Å²) in [5, 5.41) is 6.93. The summed E-state index contributed by atoms with van der Waals surface area (Å²) in [5.74, 6) is -1.15. The second kappa shape index (κ2) is 13.2. The minimum absolute atomic E-state index is 0.0557. The number of nitrogens with one attached hydrogen (secondary N) is 2. The molecule has 0 aliphatic heterocycles. The number of hydrogen-bond acceptors (Lipinski definition) is 6. The molecule has 9 nitrogen and oxygen atoms in total. The van der Waals surface area contributed by atoms with Crippen molar-refractivity contribution in [3.05, 3.63) is 125 Å². The summed E-state index contributed by atoms with van der Waals surface area (Å²) in [6.45, 7) is 1.80. The van der Waals surface area contributed by atoms with Crippen molar-refractivity contribution in [3.63, 3.8) is 0 Å². The third-order valence-corrected chi connectivity index (χ3v) is 7.94. The fourth-order valence-electron chi connectivity index (χ4n) is 3.78. The van der Waals surface area contributed by atoms with E-state index in [0.717, 1.165) is 11.1 Å². The SMILES string of the molecule is C[C@H](NC(=O)C(=O)N/N=C/c1ccc(CN(Cc2ccc(Cl)cc2)S(=O)(=O)c2ccccc2)o1)c1ccccc1. The number of rotatable bonds is 10. The van der Waals surface area contributed by atoms with Gasteiger partial charge in [0.1, 0.15) is 11.5 Å². The lowest BCUT2D eigenvalue weighted by Crippen LogP contribution is -2.39. The van der Waals surface area contributed by atoms with Crippen LogP contribution in [0.15, 0.2) is 111 Å². The van der Waals surface area contributed by atoms with Crippen LogP contribution in [-0.4, -0.2) is 30.8 Å². The van der Waals surface area contributed by atoms with Gasteiger partial charge in [0, 0.05) is 11.6 Å². The minimum atomic E-state index is -3.86. The highest BCUT2D eigenvalue weighted by Crippen LogP contribution is 2.22. The van der Waals surface area contributed by atoms with E-state index in [-0.39, 0.29) is 29.8 Å². The number of furan rings is 1. The van der Waals surface area contributed by atoms with Gasteiger partial charge in [-0.05, 0) is 54.4 Å². The number of carbonyl (C=O) groups is 2. The van der Waals surface area contributed by atoms with Gasteiger partial charge >= 0.3 is 11.8 Å². The van der Waals surface area contributed by atoms with Crippen molar-refractivity contribution in [3.8, 4) is 0 Å². The van der Waals surface area contributed by atoms with Gasteiger partial charge in [0.05, 0.1) is 23.7 Å². The van der Waals surface area contributed by atoms with Crippen LogP contribution in [0.5, 0.6) is 0 Å². The Morgan fingerprint density at radius 3 is 2.23 bits per heavy atom. The maximum absolute atomic E-state index is 13.4. The fourth-order valence-corrected chi connectivity index (χ4v) is 5.32. The van der Waals surface area contributed by atoms with Gasteiger partial charge in [0.2, 0.25) is 10.0 Å². The van der Waals surface area contributed by atoms with Crippen LogP contribution in [0, 0.1) is 0 Å². The Bertz CT molecular complexity index is 1570. The van der Waals surface area contributed by atoms with Crippen molar-refractivity contribution in [1.82, 2.24) is 15.0 Å². The molecular weight excluding hydrogens is 552 g/mol. The second-order valence-corrected chi connectivity index (χ2v) is 11.2. The smallest absolute Gasteiger partial charge is 0.329 e. The van der Waals surface area contributed by atoms with Gasteiger partial charge in [-0.3, -0.25) is 9.59 Å². The van der Waals surface area contributed by atoms with Gasteiger partial charge in [-0.25, -0.2) is 13.8 Å². The standard InChI is InChI=1S/C29H27ClN4O5S/c1-21(23-8-4-2-5-9-23)32-28(35)29(36)33-31-18-25-16-17-26(39-25)20-34(19-22-12-14-24(30)15-13-22)40(37,38)27-10-6-3-7-11-27/h2-18,21H,19-20H2,1H3,(H,32,35)(H,33,36)/b31-18+/t21-/m0/s1. The van der Waals surface area contributed by atoms with Crippen LogP contribution in [0.25, 0.3) is 0 Å². The predicted octanol–water partition coefficient (Wildman–Crippen LogP) is 4.65. The molecule has 2 amide bonds. The van der Waals surface area contributed by atoms with E-state index >= 15 is 0 Å². The van der Waals surface area contributed by atoms with Crippen LogP contribution in [0.3, 0.4) is 0 Å². The summed E-state index contributed by atoms with van der Waals surface area (Å²) >= 11 is 5.98. The summed E-state index contributed by atoms with van der Waals surface area (Å²) in [6.07, 6.45) is 1.23. The molecule has 0 spiro atoms. The monoisotopic (exact) mass is 578 g/mol. The van der Waals surface area contributed by atoms with Gasteiger partial charge in [-0.2, -0.15) is 9.41 Å². The van der Waals surface area contributed by atoms with E-state index in [9.17, 15) is 18.0 Å². The molecule has 3 aromatic carbocycles. The molecule has 2 N–H and O–H groups in total. The number of nitrogens with zero attached hydrogens (tertiary/aromatic N) is 2. The van der Waals surface area contributed by atoms with Crippen molar-refractivity contribution in [2.24, 2.45) is 5.10 Å². The summed E-state index contributed by atoms with van der Waals surface area (Å²) in [5.41, 5.74) is 3.77. The molecular formula is C29H27ClN4O5S. The van der Waals surface area contributed by atoms with Crippen LogP contribution in [0.2, 0.25) is 5.02 Å². The van der Waals surface area contributed by atoms with Gasteiger partial charge in [0.15, 0.2) is 0 Å². The first-order valence-electron chi connectivity index (χ1n) is 12.3. The number of hydrazone groups is 1. The Hall–Kier alpha value is -4.25. The summed E-state index contributed by atoms with van der Waals surface area (Å²) < 4.78 is 33.9. The molecule has 0 saturated carbocycles. The zero-order valence-electron chi connectivity index (χ0n) is 21.5. The number of carbonyl (C=O) groups excluding carboxylic acids is 2. The molecule has 206 valence electrons. The number of sulfonamides is 1. The number of hydrogen-bond donors (Lipinski definition) is 2. The Morgan fingerprint density at radius 2 is 1.55 bits per heavy atom. The first kappa shape index (κ1) is 28.8. The first-order valence-corrected chi connectivity index (χ1v) is 14.1. The third-order valence-electron chi connectivity index (χ3n) is 5.88. The maximum atomic E-state index is 13.4. The van der Waals surface area contributed by atoms with E-state index in [4.69, 9.17) is 16.0 Å². The van der Waals surface area contributed by atoms with E-state index in [1.54, 1.807) is 61.5 Å². The molecule has 1 aromatic heterocycles. The molecule has 0 fully saturated rings. The van der Waals surface area contributed by atoms with Crippen molar-refractivity contribution in [2.45, 2.75) is 31.0 Å². The molecule has 0 saturated heterocycles. The van der Waals surface area contributed by atoms with Gasteiger partial charge in [-0.1, -0.05) is 72.3 Å². The molecule has 4 rings (SSSR count). The highest BCUT2D eigenvalue weighted by atomic mass is 35.5. The fraction of sp³-hybridized carbons (Fsp3) is 0.138. The quantitative estimate of drug-likeness (QED) is 0.161. The number of halogens is 1. The number of amides is 2. The van der Waals surface area contributed by atoms with Crippen LogP contribution in [0.1, 0.15) is 35.6 Å². The Labute approximate surface area is 237 Å². The summed E-state index contributed by atoms with van der Waals surface area (Å²) in [7, 11) is -3.86. The molecule has 0 bridgehead atoms. The van der Waals surface area contributed by atoms with Crippen molar-refractivity contribution in [1.29, 1.82) is 0 Å².